The van der Waals surface area contributed by atoms with Crippen molar-refractivity contribution in [3.8, 4) is 0 Å². The summed E-state index contributed by atoms with van der Waals surface area (Å²) in [5.74, 6) is 0.426. The van der Waals surface area contributed by atoms with E-state index in [9.17, 15) is 13.2 Å². The number of hydrogen-bond donors (Lipinski definition) is 2. The minimum Gasteiger partial charge on any atom is -0.330 e. The molecule has 1 fully saturated rings. The summed E-state index contributed by atoms with van der Waals surface area (Å²) in [6.45, 7) is 0. The van der Waals surface area contributed by atoms with Crippen molar-refractivity contribution < 1.29 is 13.2 Å². The molecule has 1 atom stereocenters. The first-order chi connectivity index (χ1) is 11.9. The van der Waals surface area contributed by atoms with E-state index in [1.807, 2.05) is 17.5 Å². The minimum atomic E-state index is -3.41. The van der Waals surface area contributed by atoms with Crippen LogP contribution in [0.4, 0.5) is 10.5 Å². The Labute approximate surface area is 152 Å². The van der Waals surface area contributed by atoms with E-state index in [2.05, 4.69) is 10.6 Å². The van der Waals surface area contributed by atoms with Crippen LogP contribution in [0.15, 0.2) is 46.7 Å². The van der Waals surface area contributed by atoms with Gasteiger partial charge in [-0.3, -0.25) is 0 Å². The molecule has 1 aliphatic rings. The Morgan fingerprint density at radius 2 is 1.88 bits per heavy atom. The van der Waals surface area contributed by atoms with Crippen LogP contribution in [0.5, 0.6) is 0 Å². The molecule has 2 amide bonds. The fraction of sp³-hybridized carbons (Fsp3) is 0.389. The van der Waals surface area contributed by atoms with Crippen LogP contribution in [0, 0.1) is 5.92 Å². The third-order valence-corrected chi connectivity index (χ3v) is 6.65. The number of carbonyl (C=O) groups is 1. The topological polar surface area (TPSA) is 75.3 Å². The molecule has 2 N–H and O–H groups in total. The molecular weight excluding hydrogens is 356 g/mol. The summed E-state index contributed by atoms with van der Waals surface area (Å²) in [6, 6.07) is 10.1. The summed E-state index contributed by atoms with van der Waals surface area (Å²) in [7, 11) is -3.41. The van der Waals surface area contributed by atoms with Gasteiger partial charge in [-0.05, 0) is 42.3 Å². The van der Waals surface area contributed by atoms with Crippen LogP contribution in [0.1, 0.15) is 36.6 Å². The van der Waals surface area contributed by atoms with Gasteiger partial charge in [-0.1, -0.05) is 31.0 Å². The van der Waals surface area contributed by atoms with Crippen molar-refractivity contribution in [1.82, 2.24) is 5.32 Å². The molecule has 0 aliphatic heterocycles. The highest BCUT2D eigenvalue weighted by atomic mass is 32.2. The monoisotopic (exact) mass is 378 g/mol. The first-order valence-corrected chi connectivity index (χ1v) is 11.1. The van der Waals surface area contributed by atoms with Gasteiger partial charge in [-0.2, -0.15) is 0 Å². The number of para-hydroxylation sites is 1. The number of benzene rings is 1. The van der Waals surface area contributed by atoms with Crippen LogP contribution in [0.3, 0.4) is 0 Å². The molecule has 0 saturated heterocycles. The second-order valence-electron chi connectivity index (χ2n) is 6.40. The summed E-state index contributed by atoms with van der Waals surface area (Å²) in [6.07, 6.45) is 5.71. The molecule has 25 heavy (non-hydrogen) atoms. The standard InChI is InChI=1S/C18H22N2O3S2/c1-25(22,23)16-11-5-4-9-14(16)19-18(21)20-17(13-7-2-3-8-13)15-10-6-12-24-15/h4-6,9-13,17H,2-3,7-8H2,1H3,(H2,19,20,21). The molecule has 3 rings (SSSR count). The van der Waals surface area contributed by atoms with Gasteiger partial charge in [0.05, 0.1) is 16.6 Å². The van der Waals surface area contributed by atoms with E-state index < -0.39 is 9.84 Å². The van der Waals surface area contributed by atoms with Gasteiger partial charge in [0.1, 0.15) is 0 Å². The molecule has 1 heterocycles. The second kappa shape index (κ2) is 7.58. The van der Waals surface area contributed by atoms with Crippen molar-refractivity contribution in [3.63, 3.8) is 0 Å². The lowest BCUT2D eigenvalue weighted by Gasteiger charge is -2.24. The maximum atomic E-state index is 12.5. The number of hydrogen-bond acceptors (Lipinski definition) is 4. The van der Waals surface area contributed by atoms with E-state index in [4.69, 9.17) is 0 Å². The quantitative estimate of drug-likeness (QED) is 0.818. The predicted octanol–water partition coefficient (Wildman–Crippen LogP) is 4.20. The van der Waals surface area contributed by atoms with E-state index >= 15 is 0 Å². The molecule has 0 bridgehead atoms. The summed E-state index contributed by atoms with van der Waals surface area (Å²) in [5, 5.41) is 7.77. The molecule has 1 saturated carbocycles. The molecular formula is C18H22N2O3S2. The van der Waals surface area contributed by atoms with E-state index in [0.717, 1.165) is 24.0 Å². The zero-order valence-electron chi connectivity index (χ0n) is 14.1. The average molecular weight is 379 g/mol. The number of urea groups is 1. The molecule has 1 aromatic carbocycles. The van der Waals surface area contributed by atoms with Gasteiger partial charge in [-0.25, -0.2) is 13.2 Å². The van der Waals surface area contributed by atoms with Gasteiger partial charge < -0.3 is 10.6 Å². The van der Waals surface area contributed by atoms with Gasteiger partial charge in [-0.15, -0.1) is 11.3 Å². The van der Waals surface area contributed by atoms with Crippen molar-refractivity contribution in [2.24, 2.45) is 5.92 Å². The summed E-state index contributed by atoms with van der Waals surface area (Å²) >= 11 is 1.64. The van der Waals surface area contributed by atoms with E-state index in [1.165, 1.54) is 18.9 Å². The Bertz CT molecular complexity index is 826. The molecule has 1 aliphatic carbocycles. The molecule has 5 nitrogen and oxygen atoms in total. The lowest BCUT2D eigenvalue weighted by molar-refractivity contribution is 0.243. The fourth-order valence-electron chi connectivity index (χ4n) is 3.37. The van der Waals surface area contributed by atoms with Crippen molar-refractivity contribution in [2.75, 3.05) is 11.6 Å². The van der Waals surface area contributed by atoms with E-state index in [0.29, 0.717) is 11.6 Å². The number of anilines is 1. The maximum Gasteiger partial charge on any atom is 0.319 e. The van der Waals surface area contributed by atoms with Gasteiger partial charge in [0, 0.05) is 11.1 Å². The van der Waals surface area contributed by atoms with Crippen LogP contribution < -0.4 is 10.6 Å². The van der Waals surface area contributed by atoms with Crippen LogP contribution >= 0.6 is 11.3 Å². The average Bonchev–Trinajstić information content (AvgIpc) is 3.26. The van der Waals surface area contributed by atoms with Crippen LogP contribution in [0.2, 0.25) is 0 Å². The highest BCUT2D eigenvalue weighted by molar-refractivity contribution is 7.90. The summed E-state index contributed by atoms with van der Waals surface area (Å²) < 4.78 is 23.8. The molecule has 134 valence electrons. The molecule has 1 unspecified atom stereocenters. The van der Waals surface area contributed by atoms with Gasteiger partial charge in [0.15, 0.2) is 9.84 Å². The minimum absolute atomic E-state index is 0.0344. The number of rotatable bonds is 5. The van der Waals surface area contributed by atoms with Crippen molar-refractivity contribution in [1.29, 1.82) is 0 Å². The first kappa shape index (κ1) is 17.9. The van der Waals surface area contributed by atoms with Gasteiger partial charge in [0.2, 0.25) is 0 Å². The second-order valence-corrected chi connectivity index (χ2v) is 9.37. The normalized spacial score (nSPS) is 16.5. The largest absolute Gasteiger partial charge is 0.330 e. The smallest absolute Gasteiger partial charge is 0.319 e. The molecule has 0 radical (unpaired) electrons. The first-order valence-electron chi connectivity index (χ1n) is 8.35. The summed E-state index contributed by atoms with van der Waals surface area (Å²) in [5.41, 5.74) is 0.304. The third-order valence-electron chi connectivity index (χ3n) is 4.54. The Hall–Kier alpha value is -1.86. The lowest BCUT2D eigenvalue weighted by atomic mass is 9.97. The number of nitrogens with one attached hydrogen (secondary N) is 2. The molecule has 1 aromatic heterocycles. The SMILES string of the molecule is CS(=O)(=O)c1ccccc1NC(=O)NC(c1cccs1)C1CCCC1. The summed E-state index contributed by atoms with van der Waals surface area (Å²) in [4.78, 5) is 13.8. The Morgan fingerprint density at radius 3 is 2.52 bits per heavy atom. The zero-order valence-corrected chi connectivity index (χ0v) is 15.7. The lowest BCUT2D eigenvalue weighted by Crippen LogP contribution is -2.35. The maximum absolute atomic E-state index is 12.5. The van der Waals surface area contributed by atoms with Crippen molar-refractivity contribution in [2.45, 2.75) is 36.6 Å². The molecule has 0 spiro atoms. The number of sulfone groups is 1. The van der Waals surface area contributed by atoms with Crippen molar-refractivity contribution in [3.05, 3.63) is 46.7 Å². The van der Waals surface area contributed by atoms with Crippen LogP contribution in [-0.2, 0) is 9.84 Å². The third kappa shape index (κ3) is 4.41. The fourth-order valence-corrected chi connectivity index (χ4v) is 5.09. The number of carbonyl (C=O) groups excluding carboxylic acids is 1. The highest BCUT2D eigenvalue weighted by Crippen LogP contribution is 2.37. The van der Waals surface area contributed by atoms with Gasteiger partial charge in [0.25, 0.3) is 0 Å². The van der Waals surface area contributed by atoms with Gasteiger partial charge >= 0.3 is 6.03 Å². The Morgan fingerprint density at radius 1 is 1.16 bits per heavy atom. The molecule has 7 heteroatoms. The van der Waals surface area contributed by atoms with Crippen LogP contribution in [-0.4, -0.2) is 20.7 Å². The van der Waals surface area contributed by atoms with Crippen LogP contribution in [0.25, 0.3) is 0 Å². The predicted molar refractivity (Wildman–Crippen MR) is 101 cm³/mol. The van der Waals surface area contributed by atoms with Crippen molar-refractivity contribution >= 4 is 32.9 Å². The van der Waals surface area contributed by atoms with E-state index in [-0.39, 0.29) is 17.0 Å². The molecule has 2 aromatic rings. The highest BCUT2D eigenvalue weighted by Gasteiger charge is 2.28. The number of thiophene rings is 1. The Balaban J connectivity index is 1.77. The number of amides is 2. The Kier molecular flexibility index (Phi) is 5.44. The zero-order chi connectivity index (χ0) is 17.9. The van der Waals surface area contributed by atoms with E-state index in [1.54, 1.807) is 29.5 Å².